The van der Waals surface area contributed by atoms with Gasteiger partial charge in [-0.15, -0.1) is 0 Å². The summed E-state index contributed by atoms with van der Waals surface area (Å²) in [6, 6.07) is 13.5. The smallest absolute Gasteiger partial charge is 0.335 e. The van der Waals surface area contributed by atoms with Crippen LogP contribution < -0.4 is 0 Å². The number of hydrogen-bond acceptors (Lipinski definition) is 2. The molecule has 0 atom stereocenters. The number of hydrogen-bond donors (Lipinski definition) is 1. The van der Waals surface area contributed by atoms with Gasteiger partial charge in [-0.1, -0.05) is 44.2 Å². The molecule has 3 aromatic rings. The lowest BCUT2D eigenvalue weighted by Gasteiger charge is -2.07. The van der Waals surface area contributed by atoms with Gasteiger partial charge in [0.25, 0.3) is 0 Å². The first-order valence-electron chi connectivity index (χ1n) is 7.32. The Bertz CT molecular complexity index is 817. The minimum Gasteiger partial charge on any atom is -0.478 e. The van der Waals surface area contributed by atoms with E-state index in [0.717, 1.165) is 5.39 Å². The fourth-order valence-electron chi connectivity index (χ4n) is 2.48. The summed E-state index contributed by atoms with van der Waals surface area (Å²) in [7, 11) is 0. The van der Waals surface area contributed by atoms with Crippen LogP contribution in [0.5, 0.6) is 0 Å². The number of carboxylic acids is 1. The van der Waals surface area contributed by atoms with Crippen LogP contribution in [0.4, 0.5) is 0 Å². The van der Waals surface area contributed by atoms with E-state index in [1.807, 2.05) is 10.9 Å². The highest BCUT2D eigenvalue weighted by Crippen LogP contribution is 2.17. The van der Waals surface area contributed by atoms with E-state index in [4.69, 9.17) is 5.11 Å². The van der Waals surface area contributed by atoms with Gasteiger partial charge in [-0.25, -0.2) is 4.79 Å². The zero-order valence-electron chi connectivity index (χ0n) is 12.7. The lowest BCUT2D eigenvalue weighted by atomic mass is 10.0. The molecule has 3 rings (SSSR count). The molecular formula is C18H18N2O2. The van der Waals surface area contributed by atoms with Crippen molar-refractivity contribution in [3.63, 3.8) is 0 Å². The maximum Gasteiger partial charge on any atom is 0.335 e. The maximum atomic E-state index is 11.0. The Balaban J connectivity index is 1.85. The third-order valence-electron chi connectivity index (χ3n) is 3.79. The first-order valence-corrected chi connectivity index (χ1v) is 7.32. The normalized spacial score (nSPS) is 11.2. The number of aromatic carboxylic acids is 1. The van der Waals surface area contributed by atoms with Crippen molar-refractivity contribution in [2.75, 3.05) is 0 Å². The van der Waals surface area contributed by atoms with E-state index in [9.17, 15) is 4.79 Å². The molecule has 0 saturated heterocycles. The molecule has 0 fully saturated rings. The zero-order valence-corrected chi connectivity index (χ0v) is 12.7. The van der Waals surface area contributed by atoms with Gasteiger partial charge in [-0.05, 0) is 29.2 Å². The van der Waals surface area contributed by atoms with Crippen LogP contribution in [0.3, 0.4) is 0 Å². The standard InChI is InChI=1S/C18H18N2O2/c1-12(2)14-5-3-13(4-6-14)10-20-11-16-8-7-15(18(21)22)9-17(16)19-20/h3-9,11-12H,10H2,1-2H3,(H,21,22). The van der Waals surface area contributed by atoms with Crippen molar-refractivity contribution in [3.8, 4) is 0 Å². The van der Waals surface area contributed by atoms with E-state index >= 15 is 0 Å². The summed E-state index contributed by atoms with van der Waals surface area (Å²) >= 11 is 0. The molecule has 1 aromatic heterocycles. The van der Waals surface area contributed by atoms with Crippen LogP contribution in [-0.2, 0) is 6.54 Å². The average molecular weight is 294 g/mol. The van der Waals surface area contributed by atoms with E-state index in [2.05, 4.69) is 43.2 Å². The second-order valence-electron chi connectivity index (χ2n) is 5.80. The molecule has 0 aliphatic heterocycles. The Morgan fingerprint density at radius 1 is 1.18 bits per heavy atom. The zero-order chi connectivity index (χ0) is 15.7. The van der Waals surface area contributed by atoms with Gasteiger partial charge in [0, 0.05) is 11.6 Å². The van der Waals surface area contributed by atoms with Gasteiger partial charge in [0.05, 0.1) is 17.6 Å². The van der Waals surface area contributed by atoms with Gasteiger partial charge in [0.15, 0.2) is 0 Å². The average Bonchev–Trinajstić information content (AvgIpc) is 2.88. The van der Waals surface area contributed by atoms with Gasteiger partial charge >= 0.3 is 5.97 Å². The summed E-state index contributed by atoms with van der Waals surface area (Å²) in [5.41, 5.74) is 3.47. The quantitative estimate of drug-likeness (QED) is 0.793. The second-order valence-corrected chi connectivity index (χ2v) is 5.80. The molecule has 1 N–H and O–H groups in total. The van der Waals surface area contributed by atoms with E-state index in [0.29, 0.717) is 18.0 Å². The predicted octanol–water partition coefficient (Wildman–Crippen LogP) is 3.91. The van der Waals surface area contributed by atoms with Gasteiger partial charge in [0.1, 0.15) is 0 Å². The Kier molecular flexibility index (Phi) is 3.67. The van der Waals surface area contributed by atoms with Crippen molar-refractivity contribution in [1.29, 1.82) is 0 Å². The lowest BCUT2D eigenvalue weighted by Crippen LogP contribution is -2.00. The predicted molar refractivity (Wildman–Crippen MR) is 86.3 cm³/mol. The van der Waals surface area contributed by atoms with Gasteiger partial charge < -0.3 is 5.11 Å². The van der Waals surface area contributed by atoms with Crippen LogP contribution in [0.25, 0.3) is 10.9 Å². The summed E-state index contributed by atoms with van der Waals surface area (Å²) in [6.07, 6.45) is 1.94. The Labute approximate surface area is 129 Å². The topological polar surface area (TPSA) is 55.1 Å². The summed E-state index contributed by atoms with van der Waals surface area (Å²) in [6.45, 7) is 5.03. The molecule has 22 heavy (non-hydrogen) atoms. The van der Waals surface area contributed by atoms with Crippen LogP contribution in [0, 0.1) is 0 Å². The number of rotatable bonds is 4. The molecule has 0 unspecified atom stereocenters. The molecule has 112 valence electrons. The lowest BCUT2D eigenvalue weighted by molar-refractivity contribution is 0.0697. The SMILES string of the molecule is CC(C)c1ccc(Cn2cc3ccc(C(=O)O)cc3n2)cc1. The first-order chi connectivity index (χ1) is 10.5. The molecule has 0 aliphatic rings. The number of carboxylic acid groups (broad SMARTS) is 1. The van der Waals surface area contributed by atoms with Crippen molar-refractivity contribution in [1.82, 2.24) is 9.78 Å². The molecule has 4 heteroatoms. The third kappa shape index (κ3) is 2.86. The second kappa shape index (κ2) is 5.64. The van der Waals surface area contributed by atoms with E-state index in [1.54, 1.807) is 18.2 Å². The van der Waals surface area contributed by atoms with Crippen LogP contribution in [0.2, 0.25) is 0 Å². The van der Waals surface area contributed by atoms with E-state index < -0.39 is 5.97 Å². The van der Waals surface area contributed by atoms with Crippen LogP contribution in [0.15, 0.2) is 48.7 Å². The molecule has 0 radical (unpaired) electrons. The van der Waals surface area contributed by atoms with Crippen molar-refractivity contribution < 1.29 is 9.90 Å². The molecule has 2 aromatic carbocycles. The summed E-state index contributed by atoms with van der Waals surface area (Å²) < 4.78 is 1.85. The summed E-state index contributed by atoms with van der Waals surface area (Å²) in [5, 5.41) is 14.4. The van der Waals surface area contributed by atoms with Crippen LogP contribution in [0.1, 0.15) is 41.3 Å². The van der Waals surface area contributed by atoms with Crippen LogP contribution in [-0.4, -0.2) is 20.9 Å². The number of fused-ring (bicyclic) bond motifs is 1. The number of benzene rings is 2. The van der Waals surface area contributed by atoms with Gasteiger partial charge in [-0.2, -0.15) is 5.10 Å². The van der Waals surface area contributed by atoms with Gasteiger partial charge in [-0.3, -0.25) is 4.68 Å². The van der Waals surface area contributed by atoms with Crippen molar-refractivity contribution in [2.45, 2.75) is 26.3 Å². The molecule has 0 amide bonds. The molecule has 0 spiro atoms. The first kappa shape index (κ1) is 14.3. The maximum absolute atomic E-state index is 11.0. The molecule has 0 saturated carbocycles. The Morgan fingerprint density at radius 2 is 1.91 bits per heavy atom. The highest BCUT2D eigenvalue weighted by molar-refractivity contribution is 5.92. The fraction of sp³-hybridized carbons (Fsp3) is 0.222. The monoisotopic (exact) mass is 294 g/mol. The molecule has 1 heterocycles. The number of nitrogens with zero attached hydrogens (tertiary/aromatic N) is 2. The minimum atomic E-state index is -0.930. The summed E-state index contributed by atoms with van der Waals surface area (Å²) in [4.78, 5) is 11.0. The van der Waals surface area contributed by atoms with Crippen LogP contribution >= 0.6 is 0 Å². The Hall–Kier alpha value is -2.62. The van der Waals surface area contributed by atoms with Crippen molar-refractivity contribution in [3.05, 3.63) is 65.4 Å². The number of aromatic nitrogens is 2. The largest absolute Gasteiger partial charge is 0.478 e. The van der Waals surface area contributed by atoms with Gasteiger partial charge in [0.2, 0.25) is 0 Å². The van der Waals surface area contributed by atoms with E-state index in [1.165, 1.54) is 11.1 Å². The highest BCUT2D eigenvalue weighted by Gasteiger charge is 2.07. The number of carbonyl (C=O) groups is 1. The molecule has 4 nitrogen and oxygen atoms in total. The van der Waals surface area contributed by atoms with Crippen molar-refractivity contribution in [2.24, 2.45) is 0 Å². The van der Waals surface area contributed by atoms with Crippen molar-refractivity contribution >= 4 is 16.9 Å². The third-order valence-corrected chi connectivity index (χ3v) is 3.79. The highest BCUT2D eigenvalue weighted by atomic mass is 16.4. The summed E-state index contributed by atoms with van der Waals surface area (Å²) in [5.74, 6) is -0.406. The fourth-order valence-corrected chi connectivity index (χ4v) is 2.48. The minimum absolute atomic E-state index is 0.263. The molecule has 0 aliphatic carbocycles. The van der Waals surface area contributed by atoms with E-state index in [-0.39, 0.29) is 5.56 Å². The molecular weight excluding hydrogens is 276 g/mol. The molecule has 0 bridgehead atoms. The Morgan fingerprint density at radius 3 is 2.55 bits per heavy atom.